The van der Waals surface area contributed by atoms with Crippen molar-refractivity contribution in [3.63, 3.8) is 0 Å². The van der Waals surface area contributed by atoms with Crippen LogP contribution in [-0.4, -0.2) is 51.4 Å². The molecule has 1 unspecified atom stereocenters. The van der Waals surface area contributed by atoms with Crippen molar-refractivity contribution in [1.29, 1.82) is 0 Å². The van der Waals surface area contributed by atoms with Crippen LogP contribution in [0.2, 0.25) is 0 Å². The highest BCUT2D eigenvalue weighted by molar-refractivity contribution is 7.92. The lowest BCUT2D eigenvalue weighted by Gasteiger charge is -2.24. The average molecular weight is 459 g/mol. The van der Waals surface area contributed by atoms with Crippen LogP contribution < -0.4 is 4.31 Å². The van der Waals surface area contributed by atoms with E-state index in [4.69, 9.17) is 4.74 Å². The van der Waals surface area contributed by atoms with Gasteiger partial charge in [0.25, 0.3) is 15.9 Å². The number of amides is 1. The summed E-state index contributed by atoms with van der Waals surface area (Å²) in [5, 5.41) is 0. The van der Waals surface area contributed by atoms with Gasteiger partial charge in [-0.25, -0.2) is 13.2 Å². The van der Waals surface area contributed by atoms with E-state index < -0.39 is 22.1 Å². The molecule has 1 aliphatic heterocycles. The molecule has 0 spiro atoms. The standard InChI is InChI=1S/C24H30N2O5S/c1-18-8-14-22(15-9-18)32(29,30)25(3)21-12-10-20(11-13-21)24(28)31-19(2)23(27)26-16-6-4-5-7-17-26/h8-15,19H,4-7,16-17H2,1-3H3. The maximum atomic E-state index is 12.9. The van der Waals surface area contributed by atoms with Crippen LogP contribution in [0.5, 0.6) is 0 Å². The van der Waals surface area contributed by atoms with Gasteiger partial charge < -0.3 is 9.64 Å². The van der Waals surface area contributed by atoms with Gasteiger partial charge in [-0.05, 0) is 63.1 Å². The second-order valence-electron chi connectivity index (χ2n) is 8.12. The Morgan fingerprint density at radius 3 is 2.06 bits per heavy atom. The number of ether oxygens (including phenoxy) is 1. The Labute approximate surface area is 190 Å². The molecule has 0 N–H and O–H groups in total. The minimum absolute atomic E-state index is 0.180. The van der Waals surface area contributed by atoms with Crippen molar-refractivity contribution in [3.8, 4) is 0 Å². The molecule has 7 nitrogen and oxygen atoms in total. The molecule has 2 aromatic rings. The van der Waals surface area contributed by atoms with Crippen molar-refractivity contribution < 1.29 is 22.7 Å². The SMILES string of the molecule is Cc1ccc(S(=O)(=O)N(C)c2ccc(C(=O)OC(C)C(=O)N3CCCCCC3)cc2)cc1. The molecule has 1 saturated heterocycles. The number of aryl methyl sites for hydroxylation is 1. The number of carbonyl (C=O) groups is 2. The van der Waals surface area contributed by atoms with Crippen molar-refractivity contribution in [2.75, 3.05) is 24.4 Å². The molecule has 2 aromatic carbocycles. The molecule has 1 fully saturated rings. The monoisotopic (exact) mass is 458 g/mol. The van der Waals surface area contributed by atoms with E-state index in [9.17, 15) is 18.0 Å². The molecule has 1 amide bonds. The van der Waals surface area contributed by atoms with Gasteiger partial charge in [-0.15, -0.1) is 0 Å². The Hall–Kier alpha value is -2.87. The van der Waals surface area contributed by atoms with Crippen LogP contribution in [-0.2, 0) is 19.6 Å². The second kappa shape index (κ2) is 10.2. The molecular weight excluding hydrogens is 428 g/mol. The first-order chi connectivity index (χ1) is 15.2. The van der Waals surface area contributed by atoms with Crippen molar-refractivity contribution in [2.45, 2.75) is 50.5 Å². The molecule has 32 heavy (non-hydrogen) atoms. The van der Waals surface area contributed by atoms with Gasteiger partial charge in [0.1, 0.15) is 0 Å². The van der Waals surface area contributed by atoms with Gasteiger partial charge >= 0.3 is 5.97 Å². The summed E-state index contributed by atoms with van der Waals surface area (Å²) in [6, 6.07) is 12.7. The fourth-order valence-electron chi connectivity index (χ4n) is 3.64. The van der Waals surface area contributed by atoms with Crippen LogP contribution in [0.1, 0.15) is 48.5 Å². The fourth-order valence-corrected chi connectivity index (χ4v) is 4.84. The van der Waals surface area contributed by atoms with E-state index in [0.29, 0.717) is 18.8 Å². The average Bonchev–Trinajstić information content (AvgIpc) is 3.08. The number of anilines is 1. The number of hydrogen-bond donors (Lipinski definition) is 0. The highest BCUT2D eigenvalue weighted by Gasteiger charge is 2.25. The number of carbonyl (C=O) groups excluding carboxylic acids is 2. The summed E-state index contributed by atoms with van der Waals surface area (Å²) in [6.45, 7) is 4.86. The Balaban J connectivity index is 1.66. The minimum Gasteiger partial charge on any atom is -0.449 e. The molecule has 1 atom stereocenters. The zero-order chi connectivity index (χ0) is 23.3. The van der Waals surface area contributed by atoms with E-state index in [1.165, 1.54) is 19.2 Å². The Kier molecular flexibility index (Phi) is 7.56. The summed E-state index contributed by atoms with van der Waals surface area (Å²) in [5.41, 5.74) is 1.64. The number of likely N-dealkylation sites (tertiary alicyclic amines) is 1. The first kappa shape index (κ1) is 23.8. The van der Waals surface area contributed by atoms with E-state index in [1.807, 2.05) is 6.92 Å². The highest BCUT2D eigenvalue weighted by Crippen LogP contribution is 2.23. The molecule has 172 valence electrons. The third-order valence-corrected chi connectivity index (χ3v) is 7.50. The summed E-state index contributed by atoms with van der Waals surface area (Å²) >= 11 is 0. The van der Waals surface area contributed by atoms with Gasteiger partial charge in [0.05, 0.1) is 16.1 Å². The van der Waals surface area contributed by atoms with E-state index in [2.05, 4.69) is 0 Å². The minimum atomic E-state index is -3.72. The van der Waals surface area contributed by atoms with Crippen LogP contribution >= 0.6 is 0 Å². The summed E-state index contributed by atoms with van der Waals surface area (Å²) in [7, 11) is -2.26. The molecule has 0 bridgehead atoms. The fraction of sp³-hybridized carbons (Fsp3) is 0.417. The molecule has 3 rings (SSSR count). The molecular formula is C24H30N2O5S. The Morgan fingerprint density at radius 1 is 0.938 bits per heavy atom. The lowest BCUT2D eigenvalue weighted by Crippen LogP contribution is -2.40. The third kappa shape index (κ3) is 5.48. The Bertz CT molecular complexity index is 1040. The van der Waals surface area contributed by atoms with Crippen LogP contribution in [0, 0.1) is 6.92 Å². The summed E-state index contributed by atoms with van der Waals surface area (Å²) < 4.78 is 32.2. The maximum Gasteiger partial charge on any atom is 0.338 e. The maximum absolute atomic E-state index is 12.9. The quantitative estimate of drug-likeness (QED) is 0.616. The lowest BCUT2D eigenvalue weighted by molar-refractivity contribution is -0.139. The van der Waals surface area contributed by atoms with Gasteiger partial charge in [-0.2, -0.15) is 0 Å². The first-order valence-electron chi connectivity index (χ1n) is 10.9. The summed E-state index contributed by atoms with van der Waals surface area (Å²) in [6.07, 6.45) is 3.28. The van der Waals surface area contributed by atoms with Crippen molar-refractivity contribution in [3.05, 3.63) is 59.7 Å². The molecule has 1 heterocycles. The number of sulfonamides is 1. The van der Waals surface area contributed by atoms with Gasteiger partial charge in [-0.3, -0.25) is 9.10 Å². The zero-order valence-electron chi connectivity index (χ0n) is 18.8. The molecule has 8 heteroatoms. The van der Waals surface area contributed by atoms with Crippen molar-refractivity contribution in [2.24, 2.45) is 0 Å². The number of rotatable bonds is 6. The Morgan fingerprint density at radius 2 is 1.50 bits per heavy atom. The molecule has 0 aliphatic carbocycles. The first-order valence-corrected chi connectivity index (χ1v) is 12.3. The predicted molar refractivity (Wildman–Crippen MR) is 123 cm³/mol. The highest BCUT2D eigenvalue weighted by atomic mass is 32.2. The zero-order valence-corrected chi connectivity index (χ0v) is 19.6. The third-order valence-electron chi connectivity index (χ3n) is 5.70. The topological polar surface area (TPSA) is 84.0 Å². The number of benzene rings is 2. The number of hydrogen-bond acceptors (Lipinski definition) is 5. The predicted octanol–water partition coefficient (Wildman–Crippen LogP) is 3.77. The normalized spacial score (nSPS) is 15.5. The second-order valence-corrected chi connectivity index (χ2v) is 10.1. The summed E-state index contributed by atoms with van der Waals surface area (Å²) in [4.78, 5) is 27.1. The van der Waals surface area contributed by atoms with E-state index in [1.54, 1.807) is 48.2 Å². The molecule has 0 saturated carbocycles. The lowest BCUT2D eigenvalue weighted by atomic mass is 10.2. The van der Waals surface area contributed by atoms with E-state index >= 15 is 0 Å². The molecule has 1 aliphatic rings. The molecule has 0 aromatic heterocycles. The van der Waals surface area contributed by atoms with Gasteiger partial charge in [0, 0.05) is 20.1 Å². The van der Waals surface area contributed by atoms with Gasteiger partial charge in [0.15, 0.2) is 6.10 Å². The van der Waals surface area contributed by atoms with Crippen LogP contribution in [0.4, 0.5) is 5.69 Å². The van der Waals surface area contributed by atoms with E-state index in [-0.39, 0.29) is 16.4 Å². The summed E-state index contributed by atoms with van der Waals surface area (Å²) in [5.74, 6) is -0.794. The van der Waals surface area contributed by atoms with Gasteiger partial charge in [-0.1, -0.05) is 30.5 Å². The van der Waals surface area contributed by atoms with Crippen molar-refractivity contribution >= 4 is 27.6 Å². The van der Waals surface area contributed by atoms with Crippen LogP contribution in [0.15, 0.2) is 53.4 Å². The van der Waals surface area contributed by atoms with Gasteiger partial charge in [0.2, 0.25) is 0 Å². The smallest absolute Gasteiger partial charge is 0.338 e. The molecule has 0 radical (unpaired) electrons. The van der Waals surface area contributed by atoms with Crippen molar-refractivity contribution in [1.82, 2.24) is 4.90 Å². The van der Waals surface area contributed by atoms with Crippen LogP contribution in [0.25, 0.3) is 0 Å². The van der Waals surface area contributed by atoms with E-state index in [0.717, 1.165) is 35.6 Å². The number of nitrogens with zero attached hydrogens (tertiary/aromatic N) is 2. The van der Waals surface area contributed by atoms with Crippen LogP contribution in [0.3, 0.4) is 0 Å². The number of esters is 1. The largest absolute Gasteiger partial charge is 0.449 e.